The van der Waals surface area contributed by atoms with Gasteiger partial charge >= 0.3 is 5.97 Å². The average molecular weight is 301 g/mol. The molecular formula is C12H19N3O2S2. The zero-order chi connectivity index (χ0) is 13.7. The summed E-state index contributed by atoms with van der Waals surface area (Å²) in [6, 6.07) is 0. The van der Waals surface area contributed by atoms with Crippen LogP contribution in [0.3, 0.4) is 0 Å². The first-order valence-corrected chi connectivity index (χ1v) is 8.15. The molecule has 106 valence electrons. The third-order valence-corrected chi connectivity index (χ3v) is 5.48. The number of nitrogens with one attached hydrogen (secondary N) is 1. The van der Waals surface area contributed by atoms with Gasteiger partial charge in [0.25, 0.3) is 0 Å². The van der Waals surface area contributed by atoms with Gasteiger partial charge in [0.05, 0.1) is 6.61 Å². The van der Waals surface area contributed by atoms with Gasteiger partial charge in [0.2, 0.25) is 0 Å². The number of hydrogen-bond donors (Lipinski definition) is 1. The Morgan fingerprint density at radius 3 is 3.21 bits per heavy atom. The SMILES string of the molecule is CCOC(=O)C1(NC)CCCC(Sc2ncns2)C1. The van der Waals surface area contributed by atoms with Crippen LogP contribution < -0.4 is 5.32 Å². The predicted molar refractivity (Wildman–Crippen MR) is 76.4 cm³/mol. The van der Waals surface area contributed by atoms with Crippen molar-refractivity contribution in [3.05, 3.63) is 6.33 Å². The highest BCUT2D eigenvalue weighted by atomic mass is 32.2. The van der Waals surface area contributed by atoms with Gasteiger partial charge < -0.3 is 10.1 Å². The van der Waals surface area contributed by atoms with Crippen LogP contribution in [-0.2, 0) is 9.53 Å². The molecule has 1 aromatic heterocycles. The first-order valence-electron chi connectivity index (χ1n) is 6.49. The molecule has 1 aromatic rings. The second-order valence-corrected chi connectivity index (χ2v) is 6.92. The summed E-state index contributed by atoms with van der Waals surface area (Å²) in [6.07, 6.45) is 5.33. The van der Waals surface area contributed by atoms with Gasteiger partial charge in [0.1, 0.15) is 11.9 Å². The van der Waals surface area contributed by atoms with Gasteiger partial charge in [0.15, 0.2) is 4.34 Å². The summed E-state index contributed by atoms with van der Waals surface area (Å²) in [4.78, 5) is 16.4. The second kappa shape index (κ2) is 6.67. The summed E-state index contributed by atoms with van der Waals surface area (Å²) in [6.45, 7) is 2.27. The number of hydrogen-bond acceptors (Lipinski definition) is 7. The first-order chi connectivity index (χ1) is 9.20. The molecule has 1 aliphatic rings. The Morgan fingerprint density at radius 1 is 1.74 bits per heavy atom. The van der Waals surface area contributed by atoms with Crippen molar-refractivity contribution < 1.29 is 9.53 Å². The van der Waals surface area contributed by atoms with Gasteiger partial charge in [-0.1, -0.05) is 11.8 Å². The molecule has 2 atom stereocenters. The van der Waals surface area contributed by atoms with Gasteiger partial charge in [-0.25, -0.2) is 4.98 Å². The fourth-order valence-corrected chi connectivity index (χ4v) is 4.50. The van der Waals surface area contributed by atoms with E-state index < -0.39 is 5.54 Å². The van der Waals surface area contributed by atoms with E-state index in [1.165, 1.54) is 11.5 Å². The number of carbonyl (C=O) groups is 1. The maximum atomic E-state index is 12.2. The van der Waals surface area contributed by atoms with E-state index in [9.17, 15) is 4.79 Å². The minimum atomic E-state index is -0.531. The summed E-state index contributed by atoms with van der Waals surface area (Å²) in [5.41, 5.74) is -0.531. The lowest BCUT2D eigenvalue weighted by atomic mass is 9.81. The molecule has 0 saturated heterocycles. The maximum absolute atomic E-state index is 12.2. The lowest BCUT2D eigenvalue weighted by Crippen LogP contribution is -2.54. The quantitative estimate of drug-likeness (QED) is 0.840. The van der Waals surface area contributed by atoms with Gasteiger partial charge in [0, 0.05) is 5.25 Å². The van der Waals surface area contributed by atoms with Crippen molar-refractivity contribution in [2.75, 3.05) is 13.7 Å². The van der Waals surface area contributed by atoms with Crippen molar-refractivity contribution in [2.45, 2.75) is 47.7 Å². The lowest BCUT2D eigenvalue weighted by molar-refractivity contribution is -0.152. The molecule has 5 nitrogen and oxygen atoms in total. The summed E-state index contributed by atoms with van der Waals surface area (Å²) in [5, 5.41) is 3.58. The minimum absolute atomic E-state index is 0.125. The second-order valence-electron chi connectivity index (χ2n) is 4.60. The van der Waals surface area contributed by atoms with Crippen LogP contribution in [0.1, 0.15) is 32.6 Å². The van der Waals surface area contributed by atoms with Crippen LogP contribution in [-0.4, -0.2) is 39.8 Å². The number of carbonyl (C=O) groups excluding carboxylic acids is 1. The van der Waals surface area contributed by atoms with Gasteiger partial charge in [-0.05, 0) is 51.2 Å². The molecule has 0 radical (unpaired) electrons. The number of aromatic nitrogens is 2. The Hall–Kier alpha value is -0.660. The van der Waals surface area contributed by atoms with E-state index in [0.29, 0.717) is 11.9 Å². The van der Waals surface area contributed by atoms with Crippen LogP contribution in [0.15, 0.2) is 10.7 Å². The number of rotatable bonds is 5. The minimum Gasteiger partial charge on any atom is -0.465 e. The van der Waals surface area contributed by atoms with E-state index in [-0.39, 0.29) is 5.97 Å². The summed E-state index contributed by atoms with van der Waals surface area (Å²) in [7, 11) is 1.84. The molecule has 0 spiro atoms. The number of nitrogens with zero attached hydrogens (tertiary/aromatic N) is 2. The van der Waals surface area contributed by atoms with Crippen molar-refractivity contribution in [1.82, 2.24) is 14.7 Å². The molecule has 1 saturated carbocycles. The van der Waals surface area contributed by atoms with Crippen molar-refractivity contribution >= 4 is 29.3 Å². The monoisotopic (exact) mass is 301 g/mol. The first kappa shape index (κ1) is 14.7. The Bertz CT molecular complexity index is 413. The fourth-order valence-electron chi connectivity index (χ4n) is 2.47. The normalized spacial score (nSPS) is 27.2. The van der Waals surface area contributed by atoms with E-state index in [1.54, 1.807) is 18.1 Å². The van der Waals surface area contributed by atoms with Crippen LogP contribution in [0.4, 0.5) is 0 Å². The Morgan fingerprint density at radius 2 is 2.58 bits per heavy atom. The van der Waals surface area contributed by atoms with Gasteiger partial charge in [-0.3, -0.25) is 4.79 Å². The third kappa shape index (κ3) is 3.46. The molecule has 0 amide bonds. The maximum Gasteiger partial charge on any atom is 0.326 e. The van der Waals surface area contributed by atoms with Crippen molar-refractivity contribution in [3.8, 4) is 0 Å². The molecular weight excluding hydrogens is 282 g/mol. The predicted octanol–water partition coefficient (Wildman–Crippen LogP) is 2.09. The topological polar surface area (TPSA) is 64.1 Å². The van der Waals surface area contributed by atoms with E-state index in [0.717, 1.165) is 30.0 Å². The Labute approximate surface area is 121 Å². The Balaban J connectivity index is 2.03. The molecule has 19 heavy (non-hydrogen) atoms. The highest BCUT2D eigenvalue weighted by Crippen LogP contribution is 2.39. The van der Waals surface area contributed by atoms with Crippen molar-refractivity contribution in [2.24, 2.45) is 0 Å². The molecule has 0 bridgehead atoms. The van der Waals surface area contributed by atoms with E-state index in [2.05, 4.69) is 14.7 Å². The molecule has 1 fully saturated rings. The number of esters is 1. The van der Waals surface area contributed by atoms with Gasteiger partial charge in [-0.2, -0.15) is 4.37 Å². The van der Waals surface area contributed by atoms with Crippen molar-refractivity contribution in [3.63, 3.8) is 0 Å². The standard InChI is InChI=1S/C12H19N3O2S2/c1-3-17-10(16)12(13-2)6-4-5-9(7-12)18-11-14-8-15-19-11/h8-9,13H,3-7H2,1-2H3. The van der Waals surface area contributed by atoms with Crippen LogP contribution in [0, 0.1) is 0 Å². The summed E-state index contributed by atoms with van der Waals surface area (Å²) < 4.78 is 10.2. The largest absolute Gasteiger partial charge is 0.465 e. The highest BCUT2D eigenvalue weighted by Gasteiger charge is 2.43. The zero-order valence-corrected chi connectivity index (χ0v) is 12.9. The smallest absolute Gasteiger partial charge is 0.326 e. The highest BCUT2D eigenvalue weighted by molar-refractivity contribution is 8.01. The molecule has 0 aromatic carbocycles. The number of likely N-dealkylation sites (N-methyl/N-ethyl adjacent to an activating group) is 1. The Kier molecular flexibility index (Phi) is 5.18. The molecule has 1 aliphatic carbocycles. The zero-order valence-electron chi connectivity index (χ0n) is 11.2. The van der Waals surface area contributed by atoms with Crippen LogP contribution in [0.2, 0.25) is 0 Å². The molecule has 0 aliphatic heterocycles. The molecule has 1 heterocycles. The summed E-state index contributed by atoms with van der Waals surface area (Å²) in [5.74, 6) is -0.125. The number of thioether (sulfide) groups is 1. The lowest BCUT2D eigenvalue weighted by Gasteiger charge is -2.38. The van der Waals surface area contributed by atoms with Crippen LogP contribution in [0.25, 0.3) is 0 Å². The van der Waals surface area contributed by atoms with E-state index >= 15 is 0 Å². The summed E-state index contributed by atoms with van der Waals surface area (Å²) >= 11 is 3.13. The van der Waals surface area contributed by atoms with E-state index in [4.69, 9.17) is 4.74 Å². The molecule has 1 N–H and O–H groups in total. The van der Waals surface area contributed by atoms with Crippen LogP contribution >= 0.6 is 23.3 Å². The van der Waals surface area contributed by atoms with Crippen LogP contribution in [0.5, 0.6) is 0 Å². The van der Waals surface area contributed by atoms with E-state index in [1.807, 2.05) is 14.0 Å². The molecule has 2 unspecified atom stereocenters. The van der Waals surface area contributed by atoms with Gasteiger partial charge in [-0.15, -0.1) is 0 Å². The van der Waals surface area contributed by atoms with Crippen molar-refractivity contribution in [1.29, 1.82) is 0 Å². The third-order valence-electron chi connectivity index (χ3n) is 3.46. The fraction of sp³-hybridized carbons (Fsp3) is 0.750. The number of ether oxygens (including phenoxy) is 1. The molecule has 7 heteroatoms. The molecule has 2 rings (SSSR count). The average Bonchev–Trinajstić information content (AvgIpc) is 2.92.